The number of aryl methyl sites for hydroxylation is 2. The van der Waals surface area contributed by atoms with Crippen LogP contribution in [0.3, 0.4) is 0 Å². The molecule has 1 atom stereocenters. The second-order valence-corrected chi connectivity index (χ2v) is 5.49. The largest absolute Gasteiger partial charge is 0.305 e. The number of aromatic nitrogens is 2. The molecule has 20 heavy (non-hydrogen) atoms. The third-order valence-electron chi connectivity index (χ3n) is 3.16. The highest BCUT2D eigenvalue weighted by Gasteiger charge is 2.26. The molecule has 0 bridgehead atoms. The van der Waals surface area contributed by atoms with Gasteiger partial charge in [0.15, 0.2) is 0 Å². The molecule has 0 aliphatic heterocycles. The SMILES string of the molecule is CCCNC(c1snnc1C)c1c(F)ccc(C)c1F. The van der Waals surface area contributed by atoms with Crippen LogP contribution in [0.1, 0.15) is 41.1 Å². The number of nitrogens with one attached hydrogen (secondary N) is 1. The van der Waals surface area contributed by atoms with Gasteiger partial charge in [-0.25, -0.2) is 8.78 Å². The van der Waals surface area contributed by atoms with Gasteiger partial charge in [0, 0.05) is 5.56 Å². The molecular formula is C14H17F2N3S. The van der Waals surface area contributed by atoms with E-state index in [9.17, 15) is 8.78 Å². The molecular weight excluding hydrogens is 280 g/mol. The Bertz CT molecular complexity index is 598. The second-order valence-electron chi connectivity index (χ2n) is 4.70. The Kier molecular flexibility index (Phi) is 4.77. The number of hydrogen-bond acceptors (Lipinski definition) is 4. The molecule has 3 nitrogen and oxygen atoms in total. The first-order valence-corrected chi connectivity index (χ1v) is 7.30. The van der Waals surface area contributed by atoms with Gasteiger partial charge in [-0.1, -0.05) is 17.5 Å². The molecule has 1 heterocycles. The van der Waals surface area contributed by atoms with Crippen LogP contribution in [-0.4, -0.2) is 16.1 Å². The number of rotatable bonds is 5. The Labute approximate surface area is 121 Å². The average molecular weight is 297 g/mol. The zero-order valence-corrected chi connectivity index (χ0v) is 12.5. The Balaban J connectivity index is 2.52. The van der Waals surface area contributed by atoms with Crippen molar-refractivity contribution in [2.75, 3.05) is 6.54 Å². The minimum atomic E-state index is -0.547. The van der Waals surface area contributed by atoms with Crippen molar-refractivity contribution >= 4 is 11.5 Å². The molecule has 0 saturated carbocycles. The van der Waals surface area contributed by atoms with Crippen LogP contribution in [0.15, 0.2) is 12.1 Å². The van der Waals surface area contributed by atoms with E-state index in [1.54, 1.807) is 13.8 Å². The summed E-state index contributed by atoms with van der Waals surface area (Å²) in [4.78, 5) is 0.752. The molecule has 0 aliphatic rings. The molecule has 0 saturated heterocycles. The normalized spacial score (nSPS) is 12.7. The fourth-order valence-electron chi connectivity index (χ4n) is 2.06. The van der Waals surface area contributed by atoms with Crippen LogP contribution in [0.25, 0.3) is 0 Å². The van der Waals surface area contributed by atoms with Gasteiger partial charge in [-0.3, -0.25) is 0 Å². The van der Waals surface area contributed by atoms with E-state index in [4.69, 9.17) is 0 Å². The lowest BCUT2D eigenvalue weighted by Crippen LogP contribution is -2.25. The summed E-state index contributed by atoms with van der Waals surface area (Å²) < 4.78 is 32.3. The third kappa shape index (κ3) is 2.86. The van der Waals surface area contributed by atoms with Crippen molar-refractivity contribution in [3.8, 4) is 0 Å². The standard InChI is InChI=1S/C14H17F2N3S/c1-4-7-17-13(14-9(3)18-19-20-14)11-10(15)6-5-8(2)12(11)16/h5-6,13,17H,4,7H2,1-3H3. The predicted octanol–water partition coefficient (Wildman–Crippen LogP) is 3.52. The van der Waals surface area contributed by atoms with E-state index in [1.807, 2.05) is 6.92 Å². The zero-order chi connectivity index (χ0) is 14.7. The quantitative estimate of drug-likeness (QED) is 0.917. The monoisotopic (exact) mass is 297 g/mol. The van der Waals surface area contributed by atoms with Gasteiger partial charge in [-0.15, -0.1) is 5.10 Å². The van der Waals surface area contributed by atoms with Crippen LogP contribution in [-0.2, 0) is 0 Å². The second kappa shape index (κ2) is 6.37. The predicted molar refractivity (Wildman–Crippen MR) is 75.9 cm³/mol. The fourth-order valence-corrected chi connectivity index (χ4v) is 2.79. The minimum Gasteiger partial charge on any atom is -0.305 e. The number of nitrogens with zero attached hydrogens (tertiary/aromatic N) is 2. The van der Waals surface area contributed by atoms with Gasteiger partial charge in [0.1, 0.15) is 11.6 Å². The molecule has 6 heteroatoms. The van der Waals surface area contributed by atoms with E-state index in [0.29, 0.717) is 17.8 Å². The molecule has 1 aromatic heterocycles. The van der Waals surface area contributed by atoms with Gasteiger partial charge in [0.05, 0.1) is 16.6 Å². The van der Waals surface area contributed by atoms with E-state index in [0.717, 1.165) is 11.3 Å². The Hall–Kier alpha value is -1.40. The van der Waals surface area contributed by atoms with E-state index in [1.165, 1.54) is 23.7 Å². The lowest BCUT2D eigenvalue weighted by atomic mass is 10.00. The van der Waals surface area contributed by atoms with Crippen LogP contribution in [0, 0.1) is 25.5 Å². The summed E-state index contributed by atoms with van der Waals surface area (Å²) in [5.41, 5.74) is 1.18. The number of halogens is 2. The van der Waals surface area contributed by atoms with Gasteiger partial charge in [0.25, 0.3) is 0 Å². The Morgan fingerprint density at radius 2 is 2.05 bits per heavy atom. The van der Waals surface area contributed by atoms with Gasteiger partial charge >= 0.3 is 0 Å². The number of hydrogen-bond donors (Lipinski definition) is 1. The first-order valence-electron chi connectivity index (χ1n) is 6.53. The van der Waals surface area contributed by atoms with Gasteiger partial charge in [-0.2, -0.15) is 0 Å². The summed E-state index contributed by atoms with van der Waals surface area (Å²) in [6.07, 6.45) is 0.872. The fraction of sp³-hybridized carbons (Fsp3) is 0.429. The van der Waals surface area contributed by atoms with Crippen LogP contribution in [0.4, 0.5) is 8.78 Å². The van der Waals surface area contributed by atoms with E-state index >= 15 is 0 Å². The van der Waals surface area contributed by atoms with Crippen molar-refractivity contribution in [1.82, 2.24) is 14.9 Å². The topological polar surface area (TPSA) is 37.8 Å². The highest BCUT2D eigenvalue weighted by atomic mass is 32.1. The summed E-state index contributed by atoms with van der Waals surface area (Å²) >= 11 is 1.17. The van der Waals surface area contributed by atoms with Crippen molar-refractivity contribution in [2.45, 2.75) is 33.2 Å². The molecule has 0 radical (unpaired) electrons. The summed E-state index contributed by atoms with van der Waals surface area (Å²) in [7, 11) is 0. The summed E-state index contributed by atoms with van der Waals surface area (Å²) in [5, 5.41) is 7.12. The smallest absolute Gasteiger partial charge is 0.134 e. The van der Waals surface area contributed by atoms with E-state index in [2.05, 4.69) is 14.9 Å². The van der Waals surface area contributed by atoms with Crippen molar-refractivity contribution in [3.63, 3.8) is 0 Å². The maximum absolute atomic E-state index is 14.3. The molecule has 108 valence electrons. The van der Waals surface area contributed by atoms with Crippen molar-refractivity contribution in [1.29, 1.82) is 0 Å². The summed E-state index contributed by atoms with van der Waals surface area (Å²) in [5.74, 6) is -1.05. The maximum Gasteiger partial charge on any atom is 0.134 e. The van der Waals surface area contributed by atoms with Crippen molar-refractivity contribution < 1.29 is 8.78 Å². The van der Waals surface area contributed by atoms with Crippen LogP contribution >= 0.6 is 11.5 Å². The number of benzene rings is 1. The third-order valence-corrected chi connectivity index (χ3v) is 4.05. The molecule has 1 aromatic carbocycles. The molecule has 0 spiro atoms. The molecule has 0 aliphatic carbocycles. The van der Waals surface area contributed by atoms with E-state index < -0.39 is 17.7 Å². The van der Waals surface area contributed by atoms with Crippen LogP contribution in [0.5, 0.6) is 0 Å². The average Bonchev–Trinajstić information content (AvgIpc) is 2.84. The Morgan fingerprint density at radius 3 is 2.65 bits per heavy atom. The Morgan fingerprint density at radius 1 is 1.30 bits per heavy atom. The lowest BCUT2D eigenvalue weighted by molar-refractivity contribution is 0.501. The van der Waals surface area contributed by atoms with Gasteiger partial charge in [0.2, 0.25) is 0 Å². The van der Waals surface area contributed by atoms with Crippen molar-refractivity contribution in [3.05, 3.63) is 45.5 Å². The maximum atomic E-state index is 14.3. The highest BCUT2D eigenvalue weighted by Crippen LogP contribution is 2.31. The first-order chi connectivity index (χ1) is 9.56. The summed E-state index contributed by atoms with van der Waals surface area (Å²) in [6, 6.07) is 2.20. The summed E-state index contributed by atoms with van der Waals surface area (Å²) in [6.45, 7) is 6.09. The molecule has 1 unspecified atom stereocenters. The molecule has 0 amide bonds. The molecule has 2 rings (SSSR count). The zero-order valence-electron chi connectivity index (χ0n) is 11.7. The minimum absolute atomic E-state index is 0.0487. The van der Waals surface area contributed by atoms with Gasteiger partial charge < -0.3 is 5.32 Å². The lowest BCUT2D eigenvalue weighted by Gasteiger charge is -2.20. The van der Waals surface area contributed by atoms with Crippen molar-refractivity contribution in [2.24, 2.45) is 0 Å². The molecule has 1 N–H and O–H groups in total. The highest BCUT2D eigenvalue weighted by molar-refractivity contribution is 7.05. The van der Waals surface area contributed by atoms with Crippen LogP contribution < -0.4 is 5.32 Å². The molecule has 0 fully saturated rings. The first kappa shape index (κ1) is 15.0. The molecule has 2 aromatic rings. The van der Waals surface area contributed by atoms with Gasteiger partial charge in [-0.05, 0) is 50.0 Å². The van der Waals surface area contributed by atoms with Crippen LogP contribution in [0.2, 0.25) is 0 Å². The van der Waals surface area contributed by atoms with E-state index in [-0.39, 0.29) is 5.56 Å².